The standard InChI is InChI=1S/C13H10N2O5/c16-9-2-1-7(5-10(9)17)12(18)15-11-6-8(13(19)20)3-4-14-11/h1-6,16-17H,(H,19,20)(H,14,15,18). The molecule has 0 aliphatic heterocycles. The number of anilines is 1. The molecular weight excluding hydrogens is 264 g/mol. The van der Waals surface area contributed by atoms with Crippen LogP contribution in [0.3, 0.4) is 0 Å². The second kappa shape index (κ2) is 5.27. The molecule has 102 valence electrons. The van der Waals surface area contributed by atoms with Crippen LogP contribution in [0, 0.1) is 0 Å². The fraction of sp³-hybridized carbons (Fsp3) is 0. The monoisotopic (exact) mass is 274 g/mol. The number of carbonyl (C=O) groups excluding carboxylic acids is 1. The number of carbonyl (C=O) groups is 2. The number of hydrogen-bond donors (Lipinski definition) is 4. The number of pyridine rings is 1. The number of hydrogen-bond acceptors (Lipinski definition) is 5. The highest BCUT2D eigenvalue weighted by atomic mass is 16.4. The predicted octanol–water partition coefficient (Wildman–Crippen LogP) is 1.44. The van der Waals surface area contributed by atoms with Gasteiger partial charge in [-0.25, -0.2) is 9.78 Å². The van der Waals surface area contributed by atoms with Gasteiger partial charge in [0.1, 0.15) is 5.82 Å². The molecule has 0 aliphatic carbocycles. The molecule has 0 saturated heterocycles. The summed E-state index contributed by atoms with van der Waals surface area (Å²) in [6.07, 6.45) is 1.26. The molecule has 7 heteroatoms. The summed E-state index contributed by atoms with van der Waals surface area (Å²) in [6.45, 7) is 0. The third-order valence-electron chi connectivity index (χ3n) is 2.49. The van der Waals surface area contributed by atoms with Gasteiger partial charge < -0.3 is 20.6 Å². The van der Waals surface area contributed by atoms with E-state index in [2.05, 4.69) is 10.3 Å². The van der Waals surface area contributed by atoms with Gasteiger partial charge in [-0.15, -0.1) is 0 Å². The minimum Gasteiger partial charge on any atom is -0.504 e. The van der Waals surface area contributed by atoms with Crippen LogP contribution in [0.1, 0.15) is 20.7 Å². The zero-order valence-electron chi connectivity index (χ0n) is 10.1. The van der Waals surface area contributed by atoms with Crippen molar-refractivity contribution in [3.05, 3.63) is 47.7 Å². The summed E-state index contributed by atoms with van der Waals surface area (Å²) in [5.41, 5.74) is 0.0895. The molecule has 7 nitrogen and oxygen atoms in total. The number of phenolic OH excluding ortho intramolecular Hbond substituents is 2. The molecular formula is C13H10N2O5. The number of carboxylic acid groups (broad SMARTS) is 1. The van der Waals surface area contributed by atoms with E-state index in [1.807, 2.05) is 0 Å². The van der Waals surface area contributed by atoms with E-state index in [-0.39, 0.29) is 22.7 Å². The van der Waals surface area contributed by atoms with Crippen molar-refractivity contribution < 1.29 is 24.9 Å². The van der Waals surface area contributed by atoms with Crippen LogP contribution in [0.5, 0.6) is 11.5 Å². The number of aromatic carboxylic acids is 1. The van der Waals surface area contributed by atoms with E-state index in [4.69, 9.17) is 10.2 Å². The molecule has 1 amide bonds. The first-order chi connectivity index (χ1) is 9.47. The summed E-state index contributed by atoms with van der Waals surface area (Å²) in [5.74, 6) is -2.42. The Balaban J connectivity index is 2.21. The number of nitrogens with one attached hydrogen (secondary N) is 1. The SMILES string of the molecule is O=C(O)c1ccnc(NC(=O)c2ccc(O)c(O)c2)c1. The number of phenols is 2. The smallest absolute Gasteiger partial charge is 0.335 e. The van der Waals surface area contributed by atoms with Gasteiger partial charge in [0.2, 0.25) is 0 Å². The van der Waals surface area contributed by atoms with E-state index in [1.54, 1.807) is 0 Å². The van der Waals surface area contributed by atoms with E-state index in [0.29, 0.717) is 0 Å². The van der Waals surface area contributed by atoms with Crippen molar-refractivity contribution in [2.45, 2.75) is 0 Å². The Bertz CT molecular complexity index is 684. The van der Waals surface area contributed by atoms with Gasteiger partial charge in [-0.3, -0.25) is 4.79 Å². The summed E-state index contributed by atoms with van der Waals surface area (Å²) in [5, 5.41) is 29.7. The van der Waals surface area contributed by atoms with Gasteiger partial charge in [-0.1, -0.05) is 0 Å². The number of aromatic hydroxyl groups is 2. The van der Waals surface area contributed by atoms with Gasteiger partial charge in [0.05, 0.1) is 5.56 Å². The zero-order chi connectivity index (χ0) is 14.7. The van der Waals surface area contributed by atoms with Crippen LogP contribution in [-0.4, -0.2) is 32.2 Å². The Morgan fingerprint density at radius 1 is 1.00 bits per heavy atom. The predicted molar refractivity (Wildman–Crippen MR) is 68.9 cm³/mol. The summed E-state index contributed by atoms with van der Waals surface area (Å²) >= 11 is 0. The highest BCUT2D eigenvalue weighted by molar-refractivity contribution is 6.04. The molecule has 0 bridgehead atoms. The molecule has 0 saturated carbocycles. The average Bonchev–Trinajstić information content (AvgIpc) is 2.42. The first-order valence-corrected chi connectivity index (χ1v) is 5.50. The van der Waals surface area contributed by atoms with Crippen molar-refractivity contribution in [1.82, 2.24) is 4.98 Å². The largest absolute Gasteiger partial charge is 0.504 e. The lowest BCUT2D eigenvalue weighted by atomic mass is 10.2. The highest BCUT2D eigenvalue weighted by Crippen LogP contribution is 2.25. The number of aromatic nitrogens is 1. The van der Waals surface area contributed by atoms with Crippen molar-refractivity contribution in [3.63, 3.8) is 0 Å². The average molecular weight is 274 g/mol. The van der Waals surface area contributed by atoms with Gasteiger partial charge >= 0.3 is 5.97 Å². The van der Waals surface area contributed by atoms with Crippen molar-refractivity contribution >= 4 is 17.7 Å². The molecule has 0 unspecified atom stereocenters. The maximum Gasteiger partial charge on any atom is 0.335 e. The van der Waals surface area contributed by atoms with Gasteiger partial charge in [0.25, 0.3) is 5.91 Å². The molecule has 1 aromatic carbocycles. The molecule has 2 aromatic rings. The first-order valence-electron chi connectivity index (χ1n) is 5.50. The molecule has 1 aromatic heterocycles. The van der Waals surface area contributed by atoms with Crippen LogP contribution in [0.15, 0.2) is 36.5 Å². The van der Waals surface area contributed by atoms with E-state index in [1.165, 1.54) is 30.5 Å². The number of carboxylic acids is 1. The Hall–Kier alpha value is -3.09. The van der Waals surface area contributed by atoms with Crippen LogP contribution in [0.25, 0.3) is 0 Å². The van der Waals surface area contributed by atoms with Gasteiger partial charge in [0.15, 0.2) is 11.5 Å². The molecule has 0 aliphatic rings. The minimum absolute atomic E-state index is 0.0103. The van der Waals surface area contributed by atoms with Crippen molar-refractivity contribution in [2.24, 2.45) is 0 Å². The van der Waals surface area contributed by atoms with Crippen LogP contribution in [0.2, 0.25) is 0 Å². The normalized spacial score (nSPS) is 10.0. The lowest BCUT2D eigenvalue weighted by Gasteiger charge is -2.06. The van der Waals surface area contributed by atoms with Gasteiger partial charge in [-0.05, 0) is 30.3 Å². The lowest BCUT2D eigenvalue weighted by Crippen LogP contribution is -2.13. The number of nitrogens with zero attached hydrogens (tertiary/aromatic N) is 1. The molecule has 0 radical (unpaired) electrons. The summed E-state index contributed by atoms with van der Waals surface area (Å²) < 4.78 is 0. The topological polar surface area (TPSA) is 120 Å². The van der Waals surface area contributed by atoms with Crippen LogP contribution in [0.4, 0.5) is 5.82 Å². The summed E-state index contributed by atoms with van der Waals surface area (Å²) in [6, 6.07) is 6.08. The van der Waals surface area contributed by atoms with Crippen LogP contribution in [-0.2, 0) is 0 Å². The molecule has 0 spiro atoms. The van der Waals surface area contributed by atoms with E-state index < -0.39 is 17.6 Å². The number of rotatable bonds is 3. The maximum absolute atomic E-state index is 11.9. The van der Waals surface area contributed by atoms with Crippen LogP contribution < -0.4 is 5.32 Å². The zero-order valence-corrected chi connectivity index (χ0v) is 10.1. The third-order valence-corrected chi connectivity index (χ3v) is 2.49. The molecule has 1 heterocycles. The minimum atomic E-state index is -1.13. The van der Waals surface area contributed by atoms with Crippen molar-refractivity contribution in [3.8, 4) is 11.5 Å². The van der Waals surface area contributed by atoms with Crippen LogP contribution >= 0.6 is 0 Å². The second-order valence-corrected chi connectivity index (χ2v) is 3.89. The van der Waals surface area contributed by atoms with Crippen molar-refractivity contribution in [1.29, 1.82) is 0 Å². The third kappa shape index (κ3) is 2.83. The molecule has 20 heavy (non-hydrogen) atoms. The lowest BCUT2D eigenvalue weighted by molar-refractivity contribution is 0.0696. The first kappa shape index (κ1) is 13.3. The quantitative estimate of drug-likeness (QED) is 0.629. The summed E-state index contributed by atoms with van der Waals surface area (Å²) in [7, 11) is 0. The Morgan fingerprint density at radius 2 is 1.75 bits per heavy atom. The Kier molecular flexibility index (Phi) is 3.52. The van der Waals surface area contributed by atoms with Crippen molar-refractivity contribution in [2.75, 3.05) is 5.32 Å². The molecule has 0 atom stereocenters. The number of amides is 1. The Labute approximate surface area is 113 Å². The van der Waals surface area contributed by atoms with E-state index in [9.17, 15) is 14.7 Å². The highest BCUT2D eigenvalue weighted by Gasteiger charge is 2.11. The van der Waals surface area contributed by atoms with E-state index in [0.717, 1.165) is 6.07 Å². The molecule has 0 fully saturated rings. The fourth-order valence-electron chi connectivity index (χ4n) is 1.49. The van der Waals surface area contributed by atoms with Gasteiger partial charge in [-0.2, -0.15) is 0 Å². The van der Waals surface area contributed by atoms with Gasteiger partial charge in [0, 0.05) is 11.8 Å². The molecule has 2 rings (SSSR count). The number of benzene rings is 1. The molecule has 4 N–H and O–H groups in total. The maximum atomic E-state index is 11.9. The fourth-order valence-corrected chi connectivity index (χ4v) is 1.49. The second-order valence-electron chi connectivity index (χ2n) is 3.89. The Morgan fingerprint density at radius 3 is 2.40 bits per heavy atom. The van der Waals surface area contributed by atoms with E-state index >= 15 is 0 Å². The summed E-state index contributed by atoms with van der Waals surface area (Å²) in [4.78, 5) is 26.5.